The van der Waals surface area contributed by atoms with Gasteiger partial charge in [-0.3, -0.25) is 14.4 Å². The number of carbonyl (C=O) groups is 3. The van der Waals surface area contributed by atoms with Crippen molar-refractivity contribution in [1.29, 1.82) is 0 Å². The molecule has 0 saturated heterocycles. The summed E-state index contributed by atoms with van der Waals surface area (Å²) < 4.78 is 16.9. The van der Waals surface area contributed by atoms with Gasteiger partial charge in [0.05, 0.1) is 0 Å². The molecule has 0 bridgehead atoms. The molecule has 0 fully saturated rings. The molecule has 0 aliphatic heterocycles. The molecule has 0 amide bonds. The Morgan fingerprint density at radius 2 is 0.541 bits per heavy atom. The SMILES string of the molecule is CC\C=C/C=C\C=C/C=C\C=C\C=C/C=C\CCCCCC(=O)OCC(COC(=O)CCCCCCC/C=C\CCCCCCCCCCC)OC(=O)CCCCCCCCCCCCCCCCCCCCC. The maximum Gasteiger partial charge on any atom is 0.306 e. The van der Waals surface area contributed by atoms with Crippen LogP contribution in [0, 0.1) is 0 Å². The molecule has 0 aromatic carbocycles. The van der Waals surface area contributed by atoms with E-state index in [1.54, 1.807) is 0 Å². The zero-order valence-electron chi connectivity index (χ0n) is 48.6. The molecule has 0 aromatic heterocycles. The number of allylic oxidation sites excluding steroid dienone is 16. The maximum atomic E-state index is 12.9. The van der Waals surface area contributed by atoms with Gasteiger partial charge in [-0.05, 0) is 64.2 Å². The minimum atomic E-state index is -0.801. The van der Waals surface area contributed by atoms with Crippen molar-refractivity contribution in [2.45, 2.75) is 303 Å². The van der Waals surface area contributed by atoms with Gasteiger partial charge in [-0.2, -0.15) is 0 Å². The van der Waals surface area contributed by atoms with Gasteiger partial charge in [0.1, 0.15) is 13.2 Å². The van der Waals surface area contributed by atoms with Gasteiger partial charge < -0.3 is 14.2 Å². The Hall–Kier alpha value is -3.67. The second-order valence-electron chi connectivity index (χ2n) is 20.8. The summed E-state index contributed by atoms with van der Waals surface area (Å²) in [6.45, 7) is 6.48. The highest BCUT2D eigenvalue weighted by atomic mass is 16.6. The predicted octanol–water partition coefficient (Wildman–Crippen LogP) is 21.3. The van der Waals surface area contributed by atoms with E-state index in [9.17, 15) is 14.4 Å². The summed E-state index contributed by atoms with van der Waals surface area (Å²) in [7, 11) is 0. The van der Waals surface area contributed by atoms with Gasteiger partial charge in [-0.15, -0.1) is 0 Å². The monoisotopic (exact) mass is 1030 g/mol. The normalized spacial score (nSPS) is 12.7. The Bertz CT molecular complexity index is 1460. The fourth-order valence-electron chi connectivity index (χ4n) is 8.83. The van der Waals surface area contributed by atoms with Gasteiger partial charge in [-0.25, -0.2) is 0 Å². The second-order valence-corrected chi connectivity index (χ2v) is 20.8. The van der Waals surface area contributed by atoms with E-state index >= 15 is 0 Å². The quantitative estimate of drug-likeness (QED) is 0.0199. The van der Waals surface area contributed by atoms with Crippen LogP contribution in [0.1, 0.15) is 297 Å². The van der Waals surface area contributed by atoms with E-state index in [-0.39, 0.29) is 31.1 Å². The van der Waals surface area contributed by atoms with Crippen molar-refractivity contribution in [3.63, 3.8) is 0 Å². The van der Waals surface area contributed by atoms with Crippen LogP contribution in [0.3, 0.4) is 0 Å². The summed E-state index contributed by atoms with van der Waals surface area (Å²) in [5.74, 6) is -0.937. The fourth-order valence-corrected chi connectivity index (χ4v) is 8.83. The highest BCUT2D eigenvalue weighted by Gasteiger charge is 2.19. The lowest BCUT2D eigenvalue weighted by Gasteiger charge is -2.18. The van der Waals surface area contributed by atoms with Gasteiger partial charge in [0.2, 0.25) is 0 Å². The van der Waals surface area contributed by atoms with Crippen LogP contribution in [-0.2, 0) is 28.6 Å². The van der Waals surface area contributed by atoms with Gasteiger partial charge in [0, 0.05) is 19.3 Å². The molecule has 0 aliphatic carbocycles. The van der Waals surface area contributed by atoms with E-state index in [4.69, 9.17) is 14.2 Å². The number of unbranched alkanes of at least 4 members (excludes halogenated alkanes) is 35. The van der Waals surface area contributed by atoms with Crippen molar-refractivity contribution in [1.82, 2.24) is 0 Å². The summed E-state index contributed by atoms with van der Waals surface area (Å²) in [5.41, 5.74) is 0. The molecule has 0 N–H and O–H groups in total. The standard InChI is InChI=1S/C68H116O6/c1-4-7-10-13-16-19-22-25-28-31-34-37-40-43-46-49-52-55-58-61-67(70)73-64-65(63-72-66(69)60-57-54-51-48-45-42-39-36-33-30-27-24-21-18-15-12-9-6-3)74-68(71)62-59-56-53-50-47-44-41-38-35-32-29-26-23-20-17-14-11-8-5-2/h7,10,13,16,19,22,25,28,31,34,36-37,39-40,43,46,65H,4-6,8-9,11-12,14-15,17-18,20-21,23-24,26-27,29-30,32-33,35,38,41-42,44-45,47-64H2,1-3H3/b10-7-,16-13-,22-19-,28-25-,34-31+,39-36-,40-37-,46-43-. The maximum absolute atomic E-state index is 12.9. The van der Waals surface area contributed by atoms with Gasteiger partial charge >= 0.3 is 17.9 Å². The van der Waals surface area contributed by atoms with E-state index in [0.717, 1.165) is 77.0 Å². The molecule has 0 aromatic rings. The highest BCUT2D eigenvalue weighted by molar-refractivity contribution is 5.71. The van der Waals surface area contributed by atoms with Crippen molar-refractivity contribution in [2.24, 2.45) is 0 Å². The number of ether oxygens (including phenoxy) is 3. The summed E-state index contributed by atoms with van der Waals surface area (Å²) in [4.78, 5) is 38.3. The lowest BCUT2D eigenvalue weighted by Crippen LogP contribution is -2.30. The fraction of sp³-hybridized carbons (Fsp3) is 0.721. The van der Waals surface area contributed by atoms with Gasteiger partial charge in [0.15, 0.2) is 6.10 Å². The topological polar surface area (TPSA) is 78.9 Å². The third kappa shape index (κ3) is 59.2. The largest absolute Gasteiger partial charge is 0.462 e. The lowest BCUT2D eigenvalue weighted by atomic mass is 10.0. The molecule has 0 radical (unpaired) electrons. The first kappa shape index (κ1) is 70.3. The first-order valence-electron chi connectivity index (χ1n) is 31.3. The van der Waals surface area contributed by atoms with E-state index in [2.05, 4.69) is 51.2 Å². The molecule has 1 atom stereocenters. The number of hydrogen-bond donors (Lipinski definition) is 0. The highest BCUT2D eigenvalue weighted by Crippen LogP contribution is 2.17. The molecule has 424 valence electrons. The average Bonchev–Trinajstić information content (AvgIpc) is 3.40. The van der Waals surface area contributed by atoms with Crippen molar-refractivity contribution in [2.75, 3.05) is 13.2 Å². The van der Waals surface area contributed by atoms with E-state index in [1.165, 1.54) is 180 Å². The van der Waals surface area contributed by atoms with Crippen LogP contribution < -0.4 is 0 Å². The molecular formula is C68H116O6. The third-order valence-corrected chi connectivity index (χ3v) is 13.5. The zero-order valence-corrected chi connectivity index (χ0v) is 48.6. The molecule has 0 spiro atoms. The van der Waals surface area contributed by atoms with Crippen molar-refractivity contribution >= 4 is 17.9 Å². The average molecular weight is 1030 g/mol. The Labute approximate surface area is 457 Å². The molecule has 0 rings (SSSR count). The predicted molar refractivity (Wildman–Crippen MR) is 320 cm³/mol. The smallest absolute Gasteiger partial charge is 0.306 e. The van der Waals surface area contributed by atoms with Crippen LogP contribution in [0.2, 0.25) is 0 Å². The minimum absolute atomic E-state index is 0.0950. The third-order valence-electron chi connectivity index (χ3n) is 13.5. The van der Waals surface area contributed by atoms with Gasteiger partial charge in [0.25, 0.3) is 0 Å². The molecule has 0 aliphatic rings. The minimum Gasteiger partial charge on any atom is -0.462 e. The summed E-state index contributed by atoms with van der Waals surface area (Å²) in [5, 5.41) is 0. The molecule has 6 heteroatoms. The van der Waals surface area contributed by atoms with E-state index in [1.807, 2.05) is 66.8 Å². The van der Waals surface area contributed by atoms with Crippen molar-refractivity contribution in [3.8, 4) is 0 Å². The molecule has 6 nitrogen and oxygen atoms in total. The Kier molecular flexibility index (Phi) is 58.8. The molecule has 74 heavy (non-hydrogen) atoms. The van der Waals surface area contributed by atoms with Crippen LogP contribution in [0.4, 0.5) is 0 Å². The molecule has 0 heterocycles. The van der Waals surface area contributed by atoms with E-state index < -0.39 is 6.10 Å². The van der Waals surface area contributed by atoms with Crippen LogP contribution in [0.5, 0.6) is 0 Å². The summed E-state index contributed by atoms with van der Waals surface area (Å²) >= 11 is 0. The Morgan fingerprint density at radius 1 is 0.284 bits per heavy atom. The van der Waals surface area contributed by atoms with Crippen LogP contribution >= 0.6 is 0 Å². The lowest BCUT2D eigenvalue weighted by molar-refractivity contribution is -0.167. The van der Waals surface area contributed by atoms with Gasteiger partial charge in [-0.1, -0.05) is 311 Å². The first-order valence-corrected chi connectivity index (χ1v) is 31.3. The molecule has 1 unspecified atom stereocenters. The van der Waals surface area contributed by atoms with Crippen LogP contribution in [-0.4, -0.2) is 37.2 Å². The molecular weight excluding hydrogens is 913 g/mol. The van der Waals surface area contributed by atoms with E-state index in [0.29, 0.717) is 19.3 Å². The van der Waals surface area contributed by atoms with Crippen molar-refractivity contribution in [3.05, 3.63) is 97.2 Å². The summed E-state index contributed by atoms with van der Waals surface area (Å²) in [6, 6.07) is 0. The Balaban J connectivity index is 4.47. The second kappa shape index (κ2) is 61.9. The zero-order chi connectivity index (χ0) is 53.6. The number of rotatable bonds is 56. The number of hydrogen-bond acceptors (Lipinski definition) is 6. The van der Waals surface area contributed by atoms with Crippen LogP contribution in [0.15, 0.2) is 97.2 Å². The summed E-state index contributed by atoms with van der Waals surface area (Å²) in [6.07, 6.45) is 82.6. The first-order chi connectivity index (χ1) is 36.5. The number of carbonyl (C=O) groups excluding carboxylic acids is 3. The number of esters is 3. The molecule has 0 saturated carbocycles. The van der Waals surface area contributed by atoms with Crippen LogP contribution in [0.25, 0.3) is 0 Å². The van der Waals surface area contributed by atoms with Crippen molar-refractivity contribution < 1.29 is 28.6 Å². The Morgan fingerprint density at radius 3 is 0.878 bits per heavy atom.